The Morgan fingerprint density at radius 3 is 2.77 bits per heavy atom. The summed E-state index contributed by atoms with van der Waals surface area (Å²) in [5.74, 6) is 0.538. The van der Waals surface area contributed by atoms with E-state index in [4.69, 9.17) is 5.73 Å². The van der Waals surface area contributed by atoms with Crippen molar-refractivity contribution in [3.63, 3.8) is 0 Å². The number of nitrogen functional groups attached to an aromatic ring is 1. The van der Waals surface area contributed by atoms with Gasteiger partial charge in [0.15, 0.2) is 0 Å². The lowest BCUT2D eigenvalue weighted by molar-refractivity contribution is 1.33. The van der Waals surface area contributed by atoms with Gasteiger partial charge < -0.3 is 11.1 Å². The van der Waals surface area contributed by atoms with Gasteiger partial charge >= 0.3 is 0 Å². The molecule has 0 atom stereocenters. The Kier molecular flexibility index (Phi) is 2.14. The summed E-state index contributed by atoms with van der Waals surface area (Å²) in [4.78, 5) is 3.98. The van der Waals surface area contributed by atoms with E-state index in [1.54, 1.807) is 23.6 Å². The van der Waals surface area contributed by atoms with Gasteiger partial charge in [0.05, 0.1) is 11.9 Å². The normalized spacial score (nSPS) is 9.85. The third kappa shape index (κ3) is 1.97. The first-order valence-corrected chi connectivity index (χ1v) is 4.79. The van der Waals surface area contributed by atoms with Crippen LogP contribution in [0.15, 0.2) is 35.2 Å². The monoisotopic (exact) mass is 191 g/mol. The van der Waals surface area contributed by atoms with Crippen molar-refractivity contribution in [2.75, 3.05) is 11.1 Å². The highest BCUT2D eigenvalue weighted by Gasteiger charge is 1.94. The van der Waals surface area contributed by atoms with Gasteiger partial charge in [-0.1, -0.05) is 0 Å². The van der Waals surface area contributed by atoms with Crippen LogP contribution in [0.1, 0.15) is 0 Å². The van der Waals surface area contributed by atoms with E-state index in [-0.39, 0.29) is 0 Å². The van der Waals surface area contributed by atoms with Crippen molar-refractivity contribution in [1.82, 2.24) is 4.98 Å². The first-order valence-electron chi connectivity index (χ1n) is 3.85. The molecule has 2 rings (SSSR count). The van der Waals surface area contributed by atoms with Gasteiger partial charge in [0, 0.05) is 11.1 Å². The van der Waals surface area contributed by atoms with E-state index in [2.05, 4.69) is 10.3 Å². The minimum absolute atomic E-state index is 0.538. The molecule has 0 aliphatic rings. The summed E-state index contributed by atoms with van der Waals surface area (Å²) >= 11 is 1.65. The first kappa shape index (κ1) is 8.07. The number of hydrogen-bond donors (Lipinski definition) is 2. The molecule has 0 aromatic carbocycles. The van der Waals surface area contributed by atoms with Gasteiger partial charge in [0.25, 0.3) is 0 Å². The number of anilines is 3. The fourth-order valence-corrected chi connectivity index (χ4v) is 1.57. The van der Waals surface area contributed by atoms with E-state index in [0.29, 0.717) is 5.82 Å². The van der Waals surface area contributed by atoms with Crippen molar-refractivity contribution in [3.8, 4) is 0 Å². The van der Waals surface area contributed by atoms with Crippen molar-refractivity contribution >= 4 is 28.5 Å². The Bertz CT molecular complexity index is 366. The Morgan fingerprint density at radius 2 is 2.15 bits per heavy atom. The van der Waals surface area contributed by atoms with Gasteiger partial charge in [0.2, 0.25) is 0 Å². The molecular formula is C9H9N3S. The van der Waals surface area contributed by atoms with Crippen LogP contribution in [0.25, 0.3) is 0 Å². The highest BCUT2D eigenvalue weighted by molar-refractivity contribution is 7.08. The molecule has 13 heavy (non-hydrogen) atoms. The summed E-state index contributed by atoms with van der Waals surface area (Å²) in [5.41, 5.74) is 7.49. The van der Waals surface area contributed by atoms with Crippen LogP contribution >= 0.6 is 11.3 Å². The Hall–Kier alpha value is -1.55. The second-order valence-electron chi connectivity index (χ2n) is 2.61. The molecule has 0 amide bonds. The second-order valence-corrected chi connectivity index (χ2v) is 3.39. The number of nitrogens with zero attached hydrogens (tertiary/aromatic N) is 1. The van der Waals surface area contributed by atoms with Crippen LogP contribution in [-0.2, 0) is 0 Å². The smallest absolute Gasteiger partial charge is 0.123 e. The van der Waals surface area contributed by atoms with E-state index in [0.717, 1.165) is 11.4 Å². The van der Waals surface area contributed by atoms with Gasteiger partial charge in [-0.25, -0.2) is 4.98 Å². The van der Waals surface area contributed by atoms with Crippen molar-refractivity contribution in [1.29, 1.82) is 0 Å². The number of pyridine rings is 1. The van der Waals surface area contributed by atoms with Crippen LogP contribution < -0.4 is 11.1 Å². The molecule has 4 heteroatoms. The van der Waals surface area contributed by atoms with Crippen LogP contribution in [0, 0.1) is 0 Å². The molecule has 0 unspecified atom stereocenters. The maximum absolute atomic E-state index is 5.46. The molecule has 2 aromatic rings. The summed E-state index contributed by atoms with van der Waals surface area (Å²) in [6.45, 7) is 0. The largest absolute Gasteiger partial charge is 0.384 e. The van der Waals surface area contributed by atoms with E-state index < -0.39 is 0 Å². The SMILES string of the molecule is Nc1ccc(Nc2ccsc2)cn1. The molecule has 0 aliphatic carbocycles. The zero-order valence-corrected chi connectivity index (χ0v) is 7.71. The molecule has 3 N–H and O–H groups in total. The molecule has 2 heterocycles. The summed E-state index contributed by atoms with van der Waals surface area (Å²) in [6.07, 6.45) is 1.72. The zero-order chi connectivity index (χ0) is 9.10. The highest BCUT2D eigenvalue weighted by Crippen LogP contribution is 2.18. The molecule has 0 saturated heterocycles. The predicted octanol–water partition coefficient (Wildman–Crippen LogP) is 2.47. The summed E-state index contributed by atoms with van der Waals surface area (Å²) in [6, 6.07) is 5.69. The number of nitrogens with one attached hydrogen (secondary N) is 1. The van der Waals surface area contributed by atoms with Gasteiger partial charge in [-0.15, -0.1) is 0 Å². The van der Waals surface area contributed by atoms with Gasteiger partial charge in [-0.05, 0) is 23.6 Å². The topological polar surface area (TPSA) is 50.9 Å². The van der Waals surface area contributed by atoms with E-state index >= 15 is 0 Å². The maximum atomic E-state index is 5.46. The van der Waals surface area contributed by atoms with Gasteiger partial charge in [-0.2, -0.15) is 11.3 Å². The molecule has 0 spiro atoms. The Balaban J connectivity index is 2.15. The lowest BCUT2D eigenvalue weighted by atomic mass is 10.4. The van der Waals surface area contributed by atoms with Crippen LogP contribution in [0.5, 0.6) is 0 Å². The standard InChI is InChI=1S/C9H9N3S/c10-9-2-1-7(5-11-9)12-8-3-4-13-6-8/h1-6,12H,(H2,10,11). The van der Waals surface area contributed by atoms with Crippen LogP contribution in [0.4, 0.5) is 17.2 Å². The van der Waals surface area contributed by atoms with E-state index in [9.17, 15) is 0 Å². The lowest BCUT2D eigenvalue weighted by Gasteiger charge is -2.02. The second kappa shape index (κ2) is 3.45. The number of hydrogen-bond acceptors (Lipinski definition) is 4. The highest BCUT2D eigenvalue weighted by atomic mass is 32.1. The van der Waals surface area contributed by atoms with Crippen LogP contribution in [-0.4, -0.2) is 4.98 Å². The molecule has 3 nitrogen and oxygen atoms in total. The predicted molar refractivity (Wildman–Crippen MR) is 56.3 cm³/mol. The Labute approximate surface area is 80.2 Å². The van der Waals surface area contributed by atoms with Crippen molar-refractivity contribution < 1.29 is 0 Å². The van der Waals surface area contributed by atoms with Crippen LogP contribution in [0.3, 0.4) is 0 Å². The number of rotatable bonds is 2. The summed E-state index contributed by atoms with van der Waals surface area (Å²) in [7, 11) is 0. The maximum Gasteiger partial charge on any atom is 0.123 e. The van der Waals surface area contributed by atoms with Gasteiger partial charge in [-0.3, -0.25) is 0 Å². The number of nitrogens with two attached hydrogens (primary N) is 1. The van der Waals surface area contributed by atoms with E-state index in [1.807, 2.05) is 22.9 Å². The average molecular weight is 191 g/mol. The first-order chi connectivity index (χ1) is 6.34. The minimum atomic E-state index is 0.538. The van der Waals surface area contributed by atoms with Crippen molar-refractivity contribution in [3.05, 3.63) is 35.2 Å². The minimum Gasteiger partial charge on any atom is -0.384 e. The third-order valence-electron chi connectivity index (χ3n) is 1.60. The fourth-order valence-electron chi connectivity index (χ4n) is 0.982. The van der Waals surface area contributed by atoms with Crippen LogP contribution in [0.2, 0.25) is 0 Å². The fraction of sp³-hybridized carbons (Fsp3) is 0. The van der Waals surface area contributed by atoms with Gasteiger partial charge in [0.1, 0.15) is 5.82 Å². The summed E-state index contributed by atoms with van der Waals surface area (Å²) < 4.78 is 0. The van der Waals surface area contributed by atoms with Crippen molar-refractivity contribution in [2.24, 2.45) is 0 Å². The molecule has 0 radical (unpaired) electrons. The molecule has 0 aliphatic heterocycles. The third-order valence-corrected chi connectivity index (χ3v) is 2.28. The van der Waals surface area contributed by atoms with Crippen molar-refractivity contribution in [2.45, 2.75) is 0 Å². The molecule has 0 fully saturated rings. The summed E-state index contributed by atoms with van der Waals surface area (Å²) in [5, 5.41) is 7.26. The lowest BCUT2D eigenvalue weighted by Crippen LogP contribution is -1.92. The Morgan fingerprint density at radius 1 is 1.23 bits per heavy atom. The number of aromatic nitrogens is 1. The average Bonchev–Trinajstić information content (AvgIpc) is 2.62. The zero-order valence-electron chi connectivity index (χ0n) is 6.90. The molecule has 0 saturated carbocycles. The molecule has 0 bridgehead atoms. The molecule has 2 aromatic heterocycles. The van der Waals surface area contributed by atoms with E-state index in [1.165, 1.54) is 0 Å². The number of thiophene rings is 1. The molecule has 66 valence electrons. The quantitative estimate of drug-likeness (QED) is 0.766. The molecular weight excluding hydrogens is 182 g/mol.